The quantitative estimate of drug-likeness (QED) is 0.804. The van der Waals surface area contributed by atoms with E-state index in [1.54, 1.807) is 12.1 Å². The van der Waals surface area contributed by atoms with Crippen molar-refractivity contribution < 1.29 is 13.9 Å². The summed E-state index contributed by atoms with van der Waals surface area (Å²) in [5.41, 5.74) is 6.42. The number of amides is 1. The maximum Gasteiger partial charge on any atom is 0.255 e. The van der Waals surface area contributed by atoms with Gasteiger partial charge in [-0.3, -0.25) is 14.2 Å². The topological polar surface area (TPSA) is 99.2 Å². The minimum atomic E-state index is -0.429. The van der Waals surface area contributed by atoms with Gasteiger partial charge in [0.25, 0.3) is 5.56 Å². The fourth-order valence-electron chi connectivity index (χ4n) is 1.96. The molecule has 0 fully saturated rings. The molecule has 1 amide bonds. The van der Waals surface area contributed by atoms with Crippen molar-refractivity contribution in [2.75, 3.05) is 12.8 Å². The maximum atomic E-state index is 12.8. The van der Waals surface area contributed by atoms with Gasteiger partial charge in [-0.05, 0) is 17.7 Å². The van der Waals surface area contributed by atoms with Crippen molar-refractivity contribution in [3.63, 3.8) is 0 Å². The lowest BCUT2D eigenvalue weighted by Crippen LogP contribution is -2.34. The first-order valence-corrected chi connectivity index (χ1v) is 6.86. The summed E-state index contributed by atoms with van der Waals surface area (Å²) in [5, 5.41) is 2.63. The van der Waals surface area contributed by atoms with Gasteiger partial charge in [0.2, 0.25) is 11.9 Å². The molecule has 0 saturated heterocycles. The van der Waals surface area contributed by atoms with Crippen LogP contribution >= 0.6 is 0 Å². The molecule has 7 nitrogen and oxygen atoms in total. The van der Waals surface area contributed by atoms with E-state index in [0.717, 1.165) is 10.1 Å². The third-order valence-corrected chi connectivity index (χ3v) is 3.09. The number of nitrogens with two attached hydrogens (primary N) is 1. The van der Waals surface area contributed by atoms with Crippen molar-refractivity contribution in [1.82, 2.24) is 14.9 Å². The van der Waals surface area contributed by atoms with Crippen LogP contribution in [0.15, 0.2) is 35.1 Å². The second-order valence-corrected chi connectivity index (χ2v) is 4.87. The van der Waals surface area contributed by atoms with E-state index in [1.165, 1.54) is 25.3 Å². The molecule has 23 heavy (non-hydrogen) atoms. The Labute approximate surface area is 131 Å². The lowest BCUT2D eigenvalue weighted by molar-refractivity contribution is -0.121. The zero-order valence-corrected chi connectivity index (χ0v) is 12.6. The van der Waals surface area contributed by atoms with Gasteiger partial charge in [-0.25, -0.2) is 9.37 Å². The van der Waals surface area contributed by atoms with Crippen molar-refractivity contribution in [3.05, 3.63) is 57.8 Å². The Balaban J connectivity index is 2.00. The highest BCUT2D eigenvalue weighted by Crippen LogP contribution is 2.03. The first-order chi connectivity index (χ1) is 11.0. The van der Waals surface area contributed by atoms with Crippen LogP contribution in [0.4, 0.5) is 10.3 Å². The summed E-state index contributed by atoms with van der Waals surface area (Å²) < 4.78 is 18.7. The highest BCUT2D eigenvalue weighted by molar-refractivity contribution is 5.76. The molecule has 0 atom stereocenters. The van der Waals surface area contributed by atoms with E-state index in [-0.39, 0.29) is 31.5 Å². The summed E-state index contributed by atoms with van der Waals surface area (Å²) in [6.45, 7) is 0.145. The molecule has 3 N–H and O–H groups in total. The molecule has 2 aromatic rings. The lowest BCUT2D eigenvalue weighted by Gasteiger charge is -2.10. The van der Waals surface area contributed by atoms with E-state index in [0.29, 0.717) is 5.69 Å². The first kappa shape index (κ1) is 16.6. The Morgan fingerprint density at radius 3 is 2.70 bits per heavy atom. The second-order valence-electron chi connectivity index (χ2n) is 4.87. The molecule has 2 rings (SSSR count). The molecular formula is C15H17FN4O3. The number of hydrogen-bond acceptors (Lipinski definition) is 5. The fraction of sp³-hybridized carbons (Fsp3) is 0.267. The van der Waals surface area contributed by atoms with Gasteiger partial charge < -0.3 is 15.8 Å². The number of nitrogen functional groups attached to an aromatic ring is 1. The van der Waals surface area contributed by atoms with Gasteiger partial charge in [0, 0.05) is 19.7 Å². The molecule has 1 aromatic carbocycles. The van der Waals surface area contributed by atoms with Gasteiger partial charge in [0.05, 0.1) is 12.3 Å². The van der Waals surface area contributed by atoms with E-state index in [2.05, 4.69) is 10.3 Å². The lowest BCUT2D eigenvalue weighted by atomic mass is 10.2. The van der Waals surface area contributed by atoms with Crippen molar-refractivity contribution in [2.24, 2.45) is 0 Å². The summed E-state index contributed by atoms with van der Waals surface area (Å²) in [6, 6.07) is 7.02. The number of nitrogens with one attached hydrogen (secondary N) is 1. The van der Waals surface area contributed by atoms with Gasteiger partial charge in [0.15, 0.2) is 0 Å². The predicted octanol–water partition coefficient (Wildman–Crippen LogP) is 0.427. The normalized spacial score (nSPS) is 10.5. The molecule has 0 aliphatic heterocycles. The van der Waals surface area contributed by atoms with Crippen LogP contribution < -0.4 is 16.6 Å². The number of hydrogen-bond donors (Lipinski definition) is 2. The smallest absolute Gasteiger partial charge is 0.255 e. The molecule has 0 aliphatic carbocycles. The van der Waals surface area contributed by atoms with Crippen LogP contribution in [-0.2, 0) is 29.2 Å². The molecule has 0 spiro atoms. The summed E-state index contributed by atoms with van der Waals surface area (Å²) in [5.74, 6) is -0.799. The number of rotatable bonds is 6. The number of benzene rings is 1. The monoisotopic (exact) mass is 320 g/mol. The number of nitrogens with zero attached hydrogens (tertiary/aromatic N) is 2. The standard InChI is InChI=1S/C15H17FN4O3/c1-23-9-12-6-14(22)20(15(17)19-12)8-13(21)18-7-10-2-4-11(16)5-3-10/h2-6H,7-9H2,1H3,(H2,17,19)(H,18,21). The molecule has 0 radical (unpaired) electrons. The largest absolute Gasteiger partial charge is 0.378 e. The first-order valence-electron chi connectivity index (χ1n) is 6.86. The minimum absolute atomic E-state index is 0.0542. The number of carbonyl (C=O) groups is 1. The number of anilines is 1. The Bertz CT molecular complexity index is 743. The van der Waals surface area contributed by atoms with Gasteiger partial charge >= 0.3 is 0 Å². The third kappa shape index (κ3) is 4.62. The maximum absolute atomic E-state index is 12.8. The average molecular weight is 320 g/mol. The molecule has 0 bridgehead atoms. The van der Waals surface area contributed by atoms with Crippen molar-refractivity contribution in [2.45, 2.75) is 19.7 Å². The van der Waals surface area contributed by atoms with Crippen LogP contribution in [0.3, 0.4) is 0 Å². The number of carbonyl (C=O) groups excluding carboxylic acids is 1. The highest BCUT2D eigenvalue weighted by atomic mass is 19.1. The molecule has 0 aliphatic rings. The fourth-order valence-corrected chi connectivity index (χ4v) is 1.96. The SMILES string of the molecule is COCc1cc(=O)n(CC(=O)NCc2ccc(F)cc2)c(N)n1. The third-order valence-electron chi connectivity index (χ3n) is 3.09. The molecule has 0 unspecified atom stereocenters. The van der Waals surface area contributed by atoms with Gasteiger partial charge in [-0.15, -0.1) is 0 Å². The van der Waals surface area contributed by atoms with Crippen LogP contribution in [0.2, 0.25) is 0 Å². The van der Waals surface area contributed by atoms with Crippen LogP contribution in [-0.4, -0.2) is 22.6 Å². The van der Waals surface area contributed by atoms with Crippen LogP contribution in [0, 0.1) is 5.82 Å². The van der Waals surface area contributed by atoms with E-state index < -0.39 is 11.5 Å². The number of ether oxygens (including phenoxy) is 1. The molecule has 0 saturated carbocycles. The van der Waals surface area contributed by atoms with E-state index in [9.17, 15) is 14.0 Å². The molecule has 1 heterocycles. The van der Waals surface area contributed by atoms with Gasteiger partial charge in [-0.2, -0.15) is 0 Å². The van der Waals surface area contributed by atoms with Crippen molar-refractivity contribution in [3.8, 4) is 0 Å². The Morgan fingerprint density at radius 2 is 2.09 bits per heavy atom. The van der Waals surface area contributed by atoms with Gasteiger partial charge in [0.1, 0.15) is 12.4 Å². The highest BCUT2D eigenvalue weighted by Gasteiger charge is 2.10. The predicted molar refractivity (Wildman–Crippen MR) is 81.9 cm³/mol. The summed E-state index contributed by atoms with van der Waals surface area (Å²) >= 11 is 0. The Kier molecular flexibility index (Phi) is 5.42. The Hall–Kier alpha value is -2.74. The zero-order chi connectivity index (χ0) is 16.8. The van der Waals surface area contributed by atoms with E-state index >= 15 is 0 Å². The molecule has 8 heteroatoms. The number of methoxy groups -OCH3 is 1. The van der Waals surface area contributed by atoms with Crippen LogP contribution in [0.1, 0.15) is 11.3 Å². The van der Waals surface area contributed by atoms with Crippen molar-refractivity contribution >= 4 is 11.9 Å². The van der Waals surface area contributed by atoms with Crippen LogP contribution in [0.25, 0.3) is 0 Å². The summed E-state index contributed by atoms with van der Waals surface area (Å²) in [4.78, 5) is 27.9. The zero-order valence-electron chi connectivity index (χ0n) is 12.6. The Morgan fingerprint density at radius 1 is 1.39 bits per heavy atom. The molecule has 1 aromatic heterocycles. The van der Waals surface area contributed by atoms with E-state index in [1.807, 2.05) is 0 Å². The summed E-state index contributed by atoms with van der Waals surface area (Å²) in [6.07, 6.45) is 0. The van der Waals surface area contributed by atoms with Gasteiger partial charge in [-0.1, -0.05) is 12.1 Å². The van der Waals surface area contributed by atoms with E-state index in [4.69, 9.17) is 10.5 Å². The number of aromatic nitrogens is 2. The summed E-state index contributed by atoms with van der Waals surface area (Å²) in [7, 11) is 1.48. The van der Waals surface area contributed by atoms with Crippen molar-refractivity contribution in [1.29, 1.82) is 0 Å². The number of halogens is 1. The molecule has 122 valence electrons. The second kappa shape index (κ2) is 7.50. The van der Waals surface area contributed by atoms with Crippen LogP contribution in [0.5, 0.6) is 0 Å². The average Bonchev–Trinajstić information content (AvgIpc) is 2.51. The molecular weight excluding hydrogens is 303 g/mol. The minimum Gasteiger partial charge on any atom is -0.378 e.